The van der Waals surface area contributed by atoms with Crippen molar-refractivity contribution in [1.82, 2.24) is 0 Å². The standard InChI is InChI=1S/C17H13F4NO4/c1-10(25-16(24)11-3-2-4-12(18)9-11)15(23)22-13-5-7-14(8-6-13)26-17(19,20)21/h2-10H,1H3,(H,22,23). The number of esters is 1. The van der Waals surface area contributed by atoms with Crippen molar-refractivity contribution < 1.29 is 36.6 Å². The summed E-state index contributed by atoms with van der Waals surface area (Å²) in [7, 11) is 0. The number of benzene rings is 2. The second-order valence-corrected chi connectivity index (χ2v) is 5.12. The predicted octanol–water partition coefficient (Wildman–Crippen LogP) is 3.91. The second-order valence-electron chi connectivity index (χ2n) is 5.12. The molecule has 9 heteroatoms. The SMILES string of the molecule is CC(OC(=O)c1cccc(F)c1)C(=O)Nc1ccc(OC(F)(F)F)cc1. The van der Waals surface area contributed by atoms with E-state index >= 15 is 0 Å². The Bertz CT molecular complexity index is 790. The molecular formula is C17H13F4NO4. The number of amides is 1. The average molecular weight is 371 g/mol. The van der Waals surface area contributed by atoms with E-state index in [1.165, 1.54) is 31.2 Å². The van der Waals surface area contributed by atoms with Crippen LogP contribution in [-0.2, 0) is 9.53 Å². The highest BCUT2D eigenvalue weighted by atomic mass is 19.4. The maximum atomic E-state index is 13.1. The fraction of sp³-hybridized carbons (Fsp3) is 0.176. The van der Waals surface area contributed by atoms with Crippen molar-refractivity contribution >= 4 is 17.6 Å². The fourth-order valence-electron chi connectivity index (χ4n) is 1.88. The van der Waals surface area contributed by atoms with E-state index in [1.807, 2.05) is 0 Å². The Balaban J connectivity index is 1.93. The molecule has 138 valence electrons. The van der Waals surface area contributed by atoms with Gasteiger partial charge >= 0.3 is 12.3 Å². The Morgan fingerprint density at radius 2 is 1.73 bits per heavy atom. The van der Waals surface area contributed by atoms with E-state index in [9.17, 15) is 27.2 Å². The van der Waals surface area contributed by atoms with Crippen molar-refractivity contribution in [2.45, 2.75) is 19.4 Å². The van der Waals surface area contributed by atoms with Crippen LogP contribution in [0.5, 0.6) is 5.75 Å². The van der Waals surface area contributed by atoms with E-state index in [-0.39, 0.29) is 11.3 Å². The lowest BCUT2D eigenvalue weighted by Gasteiger charge is -2.14. The van der Waals surface area contributed by atoms with Gasteiger partial charge in [0.2, 0.25) is 0 Å². The Kier molecular flexibility index (Phi) is 5.81. The zero-order valence-electron chi connectivity index (χ0n) is 13.3. The number of halogens is 4. The van der Waals surface area contributed by atoms with Crippen molar-refractivity contribution in [2.75, 3.05) is 5.32 Å². The van der Waals surface area contributed by atoms with Crippen LogP contribution in [0.4, 0.5) is 23.2 Å². The number of rotatable bonds is 5. The van der Waals surface area contributed by atoms with E-state index in [2.05, 4.69) is 10.1 Å². The van der Waals surface area contributed by atoms with E-state index in [0.29, 0.717) is 0 Å². The van der Waals surface area contributed by atoms with Crippen LogP contribution in [-0.4, -0.2) is 24.3 Å². The molecule has 2 aromatic carbocycles. The molecule has 0 aliphatic heterocycles. The van der Waals surface area contributed by atoms with Gasteiger partial charge in [0, 0.05) is 5.69 Å². The van der Waals surface area contributed by atoms with Gasteiger partial charge in [-0.3, -0.25) is 4.79 Å². The van der Waals surface area contributed by atoms with Gasteiger partial charge in [-0.15, -0.1) is 13.2 Å². The van der Waals surface area contributed by atoms with Gasteiger partial charge in [-0.05, 0) is 49.4 Å². The zero-order valence-corrected chi connectivity index (χ0v) is 13.3. The van der Waals surface area contributed by atoms with Crippen molar-refractivity contribution in [2.24, 2.45) is 0 Å². The summed E-state index contributed by atoms with van der Waals surface area (Å²) in [5.41, 5.74) is 0.122. The van der Waals surface area contributed by atoms with Crippen LogP contribution in [0, 0.1) is 5.82 Å². The van der Waals surface area contributed by atoms with Crippen LogP contribution in [0.25, 0.3) is 0 Å². The summed E-state index contributed by atoms with van der Waals surface area (Å²) in [4.78, 5) is 23.8. The van der Waals surface area contributed by atoms with Crippen LogP contribution in [0.1, 0.15) is 17.3 Å². The molecule has 0 bridgehead atoms. The van der Waals surface area contributed by atoms with Crippen molar-refractivity contribution in [1.29, 1.82) is 0 Å². The maximum absolute atomic E-state index is 13.1. The minimum absolute atomic E-state index is 0.0571. The third kappa shape index (κ3) is 5.76. The number of hydrogen-bond acceptors (Lipinski definition) is 4. The van der Waals surface area contributed by atoms with Gasteiger partial charge in [-0.2, -0.15) is 0 Å². The first kappa shape index (κ1) is 19.2. The molecule has 0 fully saturated rings. The lowest BCUT2D eigenvalue weighted by molar-refractivity contribution is -0.274. The Hall–Kier alpha value is -3.10. The monoisotopic (exact) mass is 371 g/mol. The predicted molar refractivity (Wildman–Crippen MR) is 83.0 cm³/mol. The number of anilines is 1. The van der Waals surface area contributed by atoms with E-state index in [4.69, 9.17) is 4.74 Å². The number of carbonyl (C=O) groups excluding carboxylic acids is 2. The summed E-state index contributed by atoms with van der Waals surface area (Å²) < 4.78 is 58.0. The third-order valence-corrected chi connectivity index (χ3v) is 3.07. The lowest BCUT2D eigenvalue weighted by Crippen LogP contribution is -2.30. The molecule has 0 heterocycles. The zero-order chi connectivity index (χ0) is 19.3. The van der Waals surface area contributed by atoms with Crippen LogP contribution >= 0.6 is 0 Å². The van der Waals surface area contributed by atoms with E-state index < -0.39 is 35.9 Å². The molecule has 1 atom stereocenters. The van der Waals surface area contributed by atoms with E-state index in [0.717, 1.165) is 24.3 Å². The number of hydrogen-bond donors (Lipinski definition) is 1. The minimum Gasteiger partial charge on any atom is -0.449 e. The number of alkyl halides is 3. The van der Waals surface area contributed by atoms with Crippen LogP contribution in [0.2, 0.25) is 0 Å². The summed E-state index contributed by atoms with van der Waals surface area (Å²) in [5, 5.41) is 2.37. The topological polar surface area (TPSA) is 64.6 Å². The van der Waals surface area contributed by atoms with Gasteiger partial charge < -0.3 is 14.8 Å². The highest BCUT2D eigenvalue weighted by molar-refractivity contribution is 5.97. The minimum atomic E-state index is -4.82. The molecule has 0 spiro atoms. The van der Waals surface area contributed by atoms with Crippen molar-refractivity contribution in [3.8, 4) is 5.75 Å². The molecule has 1 unspecified atom stereocenters. The fourth-order valence-corrected chi connectivity index (χ4v) is 1.88. The molecule has 0 aromatic heterocycles. The number of ether oxygens (including phenoxy) is 2. The third-order valence-electron chi connectivity index (χ3n) is 3.07. The molecule has 2 aromatic rings. The van der Waals surface area contributed by atoms with Gasteiger partial charge in [-0.1, -0.05) is 6.07 Å². The summed E-state index contributed by atoms with van der Waals surface area (Å²) >= 11 is 0. The Morgan fingerprint density at radius 3 is 2.31 bits per heavy atom. The first-order chi connectivity index (χ1) is 12.1. The summed E-state index contributed by atoms with van der Waals surface area (Å²) in [6.45, 7) is 1.30. The largest absolute Gasteiger partial charge is 0.573 e. The first-order valence-electron chi connectivity index (χ1n) is 7.27. The molecule has 26 heavy (non-hydrogen) atoms. The summed E-state index contributed by atoms with van der Waals surface area (Å²) in [6.07, 6.45) is -6.03. The highest BCUT2D eigenvalue weighted by Gasteiger charge is 2.31. The highest BCUT2D eigenvalue weighted by Crippen LogP contribution is 2.24. The quantitative estimate of drug-likeness (QED) is 0.639. The molecule has 1 N–H and O–H groups in total. The van der Waals surface area contributed by atoms with Gasteiger partial charge in [0.1, 0.15) is 11.6 Å². The smallest absolute Gasteiger partial charge is 0.449 e. The average Bonchev–Trinajstić information content (AvgIpc) is 2.55. The molecule has 5 nitrogen and oxygen atoms in total. The molecule has 0 radical (unpaired) electrons. The van der Waals surface area contributed by atoms with Crippen LogP contribution in [0.15, 0.2) is 48.5 Å². The van der Waals surface area contributed by atoms with Gasteiger partial charge in [0.15, 0.2) is 6.10 Å². The lowest BCUT2D eigenvalue weighted by atomic mass is 10.2. The normalized spacial score (nSPS) is 12.2. The first-order valence-corrected chi connectivity index (χ1v) is 7.27. The van der Waals surface area contributed by atoms with Crippen LogP contribution in [0.3, 0.4) is 0 Å². The number of carbonyl (C=O) groups is 2. The van der Waals surface area contributed by atoms with Gasteiger partial charge in [0.25, 0.3) is 5.91 Å². The molecule has 0 aliphatic rings. The molecule has 2 rings (SSSR count). The summed E-state index contributed by atoms with van der Waals surface area (Å²) in [6, 6.07) is 9.20. The van der Waals surface area contributed by atoms with Crippen LogP contribution < -0.4 is 10.1 Å². The molecule has 0 saturated heterocycles. The Morgan fingerprint density at radius 1 is 1.08 bits per heavy atom. The number of nitrogens with one attached hydrogen (secondary N) is 1. The van der Waals surface area contributed by atoms with Crippen molar-refractivity contribution in [3.63, 3.8) is 0 Å². The van der Waals surface area contributed by atoms with Gasteiger partial charge in [0.05, 0.1) is 5.56 Å². The van der Waals surface area contributed by atoms with Gasteiger partial charge in [-0.25, -0.2) is 9.18 Å². The Labute approximate surface area is 145 Å². The summed E-state index contributed by atoms with van der Waals surface area (Å²) in [5.74, 6) is -2.67. The molecule has 0 aliphatic carbocycles. The molecule has 0 saturated carbocycles. The van der Waals surface area contributed by atoms with Crippen molar-refractivity contribution in [3.05, 3.63) is 59.9 Å². The maximum Gasteiger partial charge on any atom is 0.573 e. The molecule has 1 amide bonds. The van der Waals surface area contributed by atoms with E-state index in [1.54, 1.807) is 0 Å². The molecular weight excluding hydrogens is 358 g/mol. The second kappa shape index (κ2) is 7.85.